The van der Waals surface area contributed by atoms with Gasteiger partial charge in [0.1, 0.15) is 11.2 Å². The van der Waals surface area contributed by atoms with Crippen molar-refractivity contribution in [2.24, 2.45) is 0 Å². The van der Waals surface area contributed by atoms with Crippen LogP contribution in [-0.4, -0.2) is 12.9 Å². The number of allylic oxidation sites excluding steroid dienone is 2. The van der Waals surface area contributed by atoms with Gasteiger partial charge in [-0.05, 0) is 105 Å². The van der Waals surface area contributed by atoms with Crippen molar-refractivity contribution in [1.29, 1.82) is 0 Å². The lowest BCUT2D eigenvalue weighted by atomic mass is 9.42. The highest BCUT2D eigenvalue weighted by Gasteiger charge is 2.48. The molecule has 10 rings (SSSR count). The Morgan fingerprint density at radius 2 is 1.27 bits per heavy atom. The van der Waals surface area contributed by atoms with E-state index >= 15 is 0 Å². The molecule has 2 atom stereocenters. The van der Waals surface area contributed by atoms with Gasteiger partial charge in [0.05, 0.1) is 6.04 Å². The van der Waals surface area contributed by atoms with E-state index in [0.29, 0.717) is 0 Å². The summed E-state index contributed by atoms with van der Waals surface area (Å²) in [5, 5.41) is 2.35. The van der Waals surface area contributed by atoms with Gasteiger partial charge in [-0.25, -0.2) is 0 Å². The average molecular weight is 715 g/mol. The van der Waals surface area contributed by atoms with Crippen LogP contribution in [0, 0.1) is 6.92 Å². The van der Waals surface area contributed by atoms with Crippen LogP contribution in [0.4, 0.5) is 22.7 Å². The summed E-state index contributed by atoms with van der Waals surface area (Å²) in [5.41, 5.74) is 17.3. The average Bonchev–Trinajstić information content (AvgIpc) is 3.56. The molecule has 2 unspecified atom stereocenters. The van der Waals surface area contributed by atoms with Gasteiger partial charge in [-0.1, -0.05) is 139 Å². The monoisotopic (exact) mass is 714 g/mol. The number of rotatable bonds is 3. The predicted octanol–water partition coefficient (Wildman–Crippen LogP) is 12.1. The first-order valence-electron chi connectivity index (χ1n) is 19.8. The Morgan fingerprint density at radius 1 is 0.582 bits per heavy atom. The molecule has 270 valence electrons. The van der Waals surface area contributed by atoms with Crippen LogP contribution < -0.4 is 20.6 Å². The number of anilines is 4. The zero-order chi connectivity index (χ0) is 37.8. The van der Waals surface area contributed by atoms with Crippen molar-refractivity contribution in [2.75, 3.05) is 9.71 Å². The summed E-state index contributed by atoms with van der Waals surface area (Å²) in [6.45, 7) is 16.0. The molecule has 0 spiro atoms. The Bertz CT molecular complexity index is 2710. The molecular weight excluding hydrogens is 667 g/mol. The van der Waals surface area contributed by atoms with E-state index in [0.717, 1.165) is 16.6 Å². The molecule has 3 heterocycles. The van der Waals surface area contributed by atoms with Crippen LogP contribution >= 0.6 is 0 Å². The topological polar surface area (TPSA) is 19.6 Å². The summed E-state index contributed by atoms with van der Waals surface area (Å²) in [5.74, 6) is 0.160. The molecule has 0 amide bonds. The van der Waals surface area contributed by atoms with Crippen LogP contribution in [0.3, 0.4) is 0 Å². The molecule has 1 aliphatic carbocycles. The Labute approximate surface area is 325 Å². The summed E-state index contributed by atoms with van der Waals surface area (Å²) in [4.78, 5) is 5.30. The third kappa shape index (κ3) is 5.25. The van der Waals surface area contributed by atoms with Crippen molar-refractivity contribution in [2.45, 2.75) is 71.3 Å². The predicted molar refractivity (Wildman–Crippen MR) is 235 cm³/mol. The van der Waals surface area contributed by atoms with Crippen molar-refractivity contribution < 1.29 is 4.42 Å². The highest BCUT2D eigenvalue weighted by atomic mass is 16.3. The van der Waals surface area contributed by atoms with E-state index in [1.54, 1.807) is 0 Å². The second-order valence-electron chi connectivity index (χ2n) is 17.8. The van der Waals surface area contributed by atoms with E-state index < -0.39 is 0 Å². The third-order valence-corrected chi connectivity index (χ3v) is 12.2. The van der Waals surface area contributed by atoms with Gasteiger partial charge in [-0.3, -0.25) is 0 Å². The molecule has 2 aliphatic heterocycles. The van der Waals surface area contributed by atoms with Crippen molar-refractivity contribution in [1.82, 2.24) is 0 Å². The summed E-state index contributed by atoms with van der Waals surface area (Å²) in [6.07, 6.45) is 9.24. The zero-order valence-electron chi connectivity index (χ0n) is 32.9. The van der Waals surface area contributed by atoms with Crippen LogP contribution in [0.5, 0.6) is 0 Å². The number of furan rings is 1. The second-order valence-corrected chi connectivity index (χ2v) is 17.8. The fraction of sp³-hybridized carbons (Fsp3) is 0.216. The molecule has 0 saturated heterocycles. The van der Waals surface area contributed by atoms with Gasteiger partial charge in [0.2, 0.25) is 0 Å². The zero-order valence-corrected chi connectivity index (χ0v) is 32.9. The lowest BCUT2D eigenvalue weighted by Crippen LogP contribution is -2.63. The molecule has 0 radical (unpaired) electrons. The minimum absolute atomic E-state index is 0.00239. The molecule has 0 fully saturated rings. The molecular formula is C51H47BN2O. The Kier molecular flexibility index (Phi) is 7.46. The minimum Gasteiger partial charge on any atom is -0.456 e. The van der Waals surface area contributed by atoms with E-state index in [2.05, 4.69) is 204 Å². The van der Waals surface area contributed by atoms with Crippen LogP contribution in [-0.2, 0) is 10.8 Å². The maximum atomic E-state index is 6.69. The summed E-state index contributed by atoms with van der Waals surface area (Å²) < 4.78 is 6.69. The van der Waals surface area contributed by atoms with E-state index in [-0.39, 0.29) is 29.6 Å². The second kappa shape index (κ2) is 12.1. The Hall–Kier alpha value is -5.74. The van der Waals surface area contributed by atoms with Gasteiger partial charge < -0.3 is 14.1 Å². The van der Waals surface area contributed by atoms with Crippen LogP contribution in [0.2, 0.25) is 0 Å². The number of aryl methyl sites for hydroxylation is 1. The Balaban J connectivity index is 1.34. The van der Waals surface area contributed by atoms with Crippen LogP contribution in [0.15, 0.2) is 150 Å². The lowest BCUT2D eigenvalue weighted by Gasteiger charge is -2.49. The van der Waals surface area contributed by atoms with Crippen LogP contribution in [0.25, 0.3) is 33.1 Å². The van der Waals surface area contributed by atoms with E-state index in [1.165, 1.54) is 72.4 Å². The fourth-order valence-corrected chi connectivity index (χ4v) is 9.46. The molecule has 1 aromatic heterocycles. The molecule has 0 N–H and O–H groups in total. The number of para-hydroxylation sites is 1. The molecule has 6 aromatic carbocycles. The highest BCUT2D eigenvalue weighted by molar-refractivity contribution is 6.95. The summed E-state index contributed by atoms with van der Waals surface area (Å²) >= 11 is 0. The quantitative estimate of drug-likeness (QED) is 0.170. The highest BCUT2D eigenvalue weighted by Crippen LogP contribution is 2.49. The maximum Gasteiger partial charge on any atom is 0.333 e. The van der Waals surface area contributed by atoms with Gasteiger partial charge >= 0.3 is 6.85 Å². The smallest absolute Gasteiger partial charge is 0.333 e. The number of nitrogens with zero attached hydrogens (tertiary/aromatic N) is 2. The fourth-order valence-electron chi connectivity index (χ4n) is 9.46. The lowest BCUT2D eigenvalue weighted by molar-refractivity contribution is 0.590. The molecule has 0 bridgehead atoms. The molecule has 0 saturated carbocycles. The van der Waals surface area contributed by atoms with Gasteiger partial charge in [-0.15, -0.1) is 0 Å². The third-order valence-electron chi connectivity index (χ3n) is 12.2. The van der Waals surface area contributed by atoms with E-state index in [9.17, 15) is 0 Å². The standard InChI is InChI=1S/C51H47BN2O/c1-32-29-40-39-31-35(51(5,6)7)23-26-42(39)54(36-24-21-34(22-25-36)50(2,3)4)52-48(40)44(30-32)53(41-19-13-11-17-37(41)33-15-9-8-10-16-33)43-27-28-46-47(49(43)52)38-18-12-14-20-45(38)55-46/h8-31,37,41H,1-7H3. The molecule has 3 nitrogen and oxygen atoms in total. The van der Waals surface area contributed by atoms with Crippen molar-refractivity contribution in [3.63, 3.8) is 0 Å². The van der Waals surface area contributed by atoms with E-state index in [1.807, 2.05) is 0 Å². The van der Waals surface area contributed by atoms with Gasteiger partial charge in [-0.2, -0.15) is 0 Å². The Morgan fingerprint density at radius 3 is 2.04 bits per heavy atom. The normalized spacial score (nSPS) is 17.5. The van der Waals surface area contributed by atoms with E-state index in [4.69, 9.17) is 4.42 Å². The number of hydrogen-bond acceptors (Lipinski definition) is 3. The first kappa shape index (κ1) is 33.8. The SMILES string of the molecule is Cc1cc2c3c(c1)N(C1C=CC=CC1c1ccccc1)c1ccc4oc5ccccc5c4c1B3N(c1ccc(C(C)(C)C)cc1)c1ccc(C(C)(C)C)cc1-2. The molecule has 7 aromatic rings. The molecule has 55 heavy (non-hydrogen) atoms. The molecule has 4 heteroatoms. The largest absolute Gasteiger partial charge is 0.456 e. The summed E-state index contributed by atoms with van der Waals surface area (Å²) in [6, 6.07) is 45.6. The van der Waals surface area contributed by atoms with Gasteiger partial charge in [0.15, 0.2) is 0 Å². The van der Waals surface area contributed by atoms with Crippen molar-refractivity contribution in [3.8, 4) is 11.1 Å². The van der Waals surface area contributed by atoms with Crippen LogP contribution in [0.1, 0.15) is 69.7 Å². The number of hydrogen-bond donors (Lipinski definition) is 0. The molecule has 3 aliphatic rings. The van der Waals surface area contributed by atoms with Crippen molar-refractivity contribution >= 4 is 62.5 Å². The number of fused-ring (bicyclic) bond motifs is 8. The van der Waals surface area contributed by atoms with Crippen molar-refractivity contribution in [3.05, 3.63) is 168 Å². The van der Waals surface area contributed by atoms with Gasteiger partial charge in [0, 0.05) is 45.0 Å². The first-order chi connectivity index (χ1) is 26.5. The first-order valence-corrected chi connectivity index (χ1v) is 19.8. The van der Waals surface area contributed by atoms with Gasteiger partial charge in [0.25, 0.3) is 0 Å². The minimum atomic E-state index is -0.103. The number of benzene rings is 6. The maximum absolute atomic E-state index is 6.69. The summed E-state index contributed by atoms with van der Waals surface area (Å²) in [7, 11) is 0.